The van der Waals surface area contributed by atoms with E-state index >= 15 is 0 Å². The minimum atomic E-state index is -0.391. The summed E-state index contributed by atoms with van der Waals surface area (Å²) >= 11 is 5.08. The summed E-state index contributed by atoms with van der Waals surface area (Å²) < 4.78 is 6.62. The fraction of sp³-hybridized carbons (Fsp3) is 0.333. The molecule has 0 saturated carbocycles. The summed E-state index contributed by atoms with van der Waals surface area (Å²) in [4.78, 5) is 24.8. The first-order valence-electron chi connectivity index (χ1n) is 7.96. The lowest BCUT2D eigenvalue weighted by atomic mass is 10.1. The van der Waals surface area contributed by atoms with Crippen molar-refractivity contribution < 1.29 is 14.3 Å². The second kappa shape index (κ2) is 9.58. The predicted octanol–water partition coefficient (Wildman–Crippen LogP) is 3.68. The number of hydrogen-bond acceptors (Lipinski definition) is 4. The van der Waals surface area contributed by atoms with Gasteiger partial charge in [0.05, 0.1) is 3.79 Å². The number of hydrazine groups is 1. The number of amides is 2. The molecule has 1 aromatic heterocycles. The number of benzene rings is 1. The molecule has 0 aliphatic heterocycles. The molecule has 2 N–H and O–H groups in total. The molecule has 134 valence electrons. The summed E-state index contributed by atoms with van der Waals surface area (Å²) in [6.45, 7) is 3.71. The molecule has 2 amide bonds. The van der Waals surface area contributed by atoms with E-state index in [0.717, 1.165) is 27.8 Å². The summed E-state index contributed by atoms with van der Waals surface area (Å²) in [5, 5.41) is 0. The predicted molar refractivity (Wildman–Crippen MR) is 103 cm³/mol. The van der Waals surface area contributed by atoms with E-state index in [1.54, 1.807) is 11.3 Å². The minimum absolute atomic E-state index is 0.144. The number of aryl methyl sites for hydroxylation is 3. The molecular formula is C18H21BrN2O3S. The Morgan fingerprint density at radius 3 is 2.40 bits per heavy atom. The topological polar surface area (TPSA) is 67.4 Å². The van der Waals surface area contributed by atoms with Gasteiger partial charge in [-0.1, -0.05) is 18.2 Å². The molecule has 2 aromatic rings. The van der Waals surface area contributed by atoms with Crippen LogP contribution < -0.4 is 15.6 Å². The van der Waals surface area contributed by atoms with E-state index in [2.05, 4.69) is 26.8 Å². The Balaban J connectivity index is 1.64. The lowest BCUT2D eigenvalue weighted by Gasteiger charge is -2.12. The molecule has 1 heterocycles. The lowest BCUT2D eigenvalue weighted by Crippen LogP contribution is -2.43. The van der Waals surface area contributed by atoms with Gasteiger partial charge in [0, 0.05) is 11.3 Å². The highest BCUT2D eigenvalue weighted by Crippen LogP contribution is 2.23. The normalized spacial score (nSPS) is 10.4. The number of ether oxygens (including phenoxy) is 1. The number of hydrogen-bond donors (Lipinski definition) is 2. The zero-order chi connectivity index (χ0) is 18.2. The van der Waals surface area contributed by atoms with E-state index < -0.39 is 5.91 Å². The van der Waals surface area contributed by atoms with Gasteiger partial charge in [-0.2, -0.15) is 0 Å². The van der Waals surface area contributed by atoms with Crippen LogP contribution in [0, 0.1) is 13.8 Å². The van der Waals surface area contributed by atoms with E-state index in [9.17, 15) is 9.59 Å². The van der Waals surface area contributed by atoms with Crippen molar-refractivity contribution in [2.75, 3.05) is 6.61 Å². The van der Waals surface area contributed by atoms with E-state index in [1.165, 1.54) is 4.88 Å². The maximum Gasteiger partial charge on any atom is 0.276 e. The van der Waals surface area contributed by atoms with Crippen LogP contribution in [-0.4, -0.2) is 18.4 Å². The minimum Gasteiger partial charge on any atom is -0.483 e. The van der Waals surface area contributed by atoms with Gasteiger partial charge in [-0.05, 0) is 65.9 Å². The van der Waals surface area contributed by atoms with Gasteiger partial charge in [0.15, 0.2) is 6.61 Å². The van der Waals surface area contributed by atoms with Crippen molar-refractivity contribution >= 4 is 39.1 Å². The smallest absolute Gasteiger partial charge is 0.276 e. The molecule has 0 radical (unpaired) electrons. The first-order valence-corrected chi connectivity index (χ1v) is 9.57. The molecule has 0 atom stereocenters. The summed E-state index contributed by atoms with van der Waals surface area (Å²) in [5.41, 5.74) is 6.73. The van der Waals surface area contributed by atoms with Crippen LogP contribution in [-0.2, 0) is 16.0 Å². The molecule has 2 rings (SSSR count). The van der Waals surface area contributed by atoms with Crippen molar-refractivity contribution in [3.05, 3.63) is 50.1 Å². The first kappa shape index (κ1) is 19.5. The van der Waals surface area contributed by atoms with Crippen molar-refractivity contribution in [2.45, 2.75) is 33.1 Å². The Morgan fingerprint density at radius 1 is 1.08 bits per heavy atom. The van der Waals surface area contributed by atoms with E-state index in [-0.39, 0.29) is 12.5 Å². The Labute approximate surface area is 159 Å². The number of para-hydroxylation sites is 1. The zero-order valence-corrected chi connectivity index (χ0v) is 16.6. The second-order valence-corrected chi connectivity index (χ2v) is 8.21. The number of carbonyl (C=O) groups excluding carboxylic acids is 2. The van der Waals surface area contributed by atoms with Crippen LogP contribution >= 0.6 is 27.3 Å². The van der Waals surface area contributed by atoms with Crippen LogP contribution in [0.5, 0.6) is 5.75 Å². The maximum absolute atomic E-state index is 11.8. The van der Waals surface area contributed by atoms with Crippen LogP contribution in [0.15, 0.2) is 34.1 Å². The second-order valence-electron chi connectivity index (χ2n) is 5.67. The summed E-state index contributed by atoms with van der Waals surface area (Å²) in [6, 6.07) is 9.82. The van der Waals surface area contributed by atoms with Crippen LogP contribution in [0.3, 0.4) is 0 Å². The van der Waals surface area contributed by atoms with Gasteiger partial charge >= 0.3 is 0 Å². The molecule has 7 heteroatoms. The van der Waals surface area contributed by atoms with Crippen molar-refractivity contribution in [1.29, 1.82) is 0 Å². The first-order chi connectivity index (χ1) is 12.0. The molecule has 0 unspecified atom stereocenters. The summed E-state index contributed by atoms with van der Waals surface area (Å²) in [5.74, 6) is 0.0975. The average Bonchev–Trinajstić information content (AvgIpc) is 2.98. The molecular weight excluding hydrogens is 404 g/mol. The third-order valence-electron chi connectivity index (χ3n) is 3.55. The molecule has 0 aliphatic rings. The van der Waals surface area contributed by atoms with E-state index in [1.807, 2.05) is 44.2 Å². The van der Waals surface area contributed by atoms with E-state index in [4.69, 9.17) is 4.74 Å². The molecule has 0 spiro atoms. The zero-order valence-electron chi connectivity index (χ0n) is 14.2. The average molecular weight is 425 g/mol. The van der Waals surface area contributed by atoms with Gasteiger partial charge in [-0.3, -0.25) is 20.4 Å². The highest BCUT2D eigenvalue weighted by Gasteiger charge is 2.09. The number of nitrogens with one attached hydrogen (secondary N) is 2. The van der Waals surface area contributed by atoms with Gasteiger partial charge in [0.25, 0.3) is 5.91 Å². The van der Waals surface area contributed by atoms with E-state index in [0.29, 0.717) is 12.2 Å². The molecule has 0 bridgehead atoms. The van der Waals surface area contributed by atoms with Gasteiger partial charge in [0.2, 0.25) is 5.91 Å². The number of halogens is 1. The monoisotopic (exact) mass is 424 g/mol. The van der Waals surface area contributed by atoms with Crippen molar-refractivity contribution in [3.8, 4) is 5.75 Å². The highest BCUT2D eigenvalue weighted by molar-refractivity contribution is 9.11. The number of rotatable bonds is 7. The molecule has 1 aromatic carbocycles. The molecule has 0 aliphatic carbocycles. The largest absolute Gasteiger partial charge is 0.483 e. The maximum atomic E-state index is 11.8. The number of carbonyl (C=O) groups is 2. The van der Waals surface area contributed by atoms with Crippen LogP contribution in [0.1, 0.15) is 28.8 Å². The van der Waals surface area contributed by atoms with Gasteiger partial charge in [-0.25, -0.2) is 0 Å². The van der Waals surface area contributed by atoms with Crippen molar-refractivity contribution in [3.63, 3.8) is 0 Å². The van der Waals surface area contributed by atoms with Crippen molar-refractivity contribution in [1.82, 2.24) is 10.9 Å². The third-order valence-corrected chi connectivity index (χ3v) is 5.24. The Morgan fingerprint density at radius 2 is 1.76 bits per heavy atom. The fourth-order valence-electron chi connectivity index (χ4n) is 2.31. The summed E-state index contributed by atoms with van der Waals surface area (Å²) in [6.07, 6.45) is 1.93. The molecule has 25 heavy (non-hydrogen) atoms. The standard InChI is InChI=1S/C18H21BrN2O3S/c1-12-5-3-6-13(2)18(12)24-11-17(23)21-20-16(22)8-4-7-14-9-10-15(19)25-14/h3,5-6,9-10H,4,7-8,11H2,1-2H3,(H,20,22)(H,21,23). The van der Waals surface area contributed by atoms with Crippen LogP contribution in [0.2, 0.25) is 0 Å². The van der Waals surface area contributed by atoms with Gasteiger partial charge in [-0.15, -0.1) is 11.3 Å². The van der Waals surface area contributed by atoms with Crippen LogP contribution in [0.25, 0.3) is 0 Å². The molecule has 5 nitrogen and oxygen atoms in total. The molecule has 0 fully saturated rings. The Bertz CT molecular complexity index is 725. The SMILES string of the molecule is Cc1cccc(C)c1OCC(=O)NNC(=O)CCCc1ccc(Br)s1. The highest BCUT2D eigenvalue weighted by atomic mass is 79.9. The fourth-order valence-corrected chi connectivity index (χ4v) is 3.84. The third kappa shape index (κ3) is 6.51. The lowest BCUT2D eigenvalue weighted by molar-refractivity contribution is -0.130. The van der Waals surface area contributed by atoms with Crippen molar-refractivity contribution in [2.24, 2.45) is 0 Å². The Hall–Kier alpha value is -1.86. The quantitative estimate of drug-likeness (QED) is 0.666. The summed E-state index contributed by atoms with van der Waals surface area (Å²) in [7, 11) is 0. The van der Waals surface area contributed by atoms with Crippen LogP contribution in [0.4, 0.5) is 0 Å². The number of thiophene rings is 1. The van der Waals surface area contributed by atoms with Gasteiger partial charge in [0.1, 0.15) is 5.75 Å². The molecule has 0 saturated heterocycles. The van der Waals surface area contributed by atoms with Gasteiger partial charge < -0.3 is 4.74 Å². The Kier molecular flexibility index (Phi) is 7.46.